The van der Waals surface area contributed by atoms with Crippen molar-refractivity contribution in [1.29, 1.82) is 0 Å². The van der Waals surface area contributed by atoms with Gasteiger partial charge in [0.2, 0.25) is 5.91 Å². The van der Waals surface area contributed by atoms with Gasteiger partial charge >= 0.3 is 6.18 Å². The van der Waals surface area contributed by atoms with Crippen molar-refractivity contribution in [3.05, 3.63) is 54.1 Å². The average molecular weight is 437 g/mol. The van der Waals surface area contributed by atoms with Gasteiger partial charge in [0.1, 0.15) is 6.54 Å². The molecule has 1 aliphatic rings. The highest BCUT2D eigenvalue weighted by Gasteiger charge is 2.28. The molecule has 0 fully saturated rings. The van der Waals surface area contributed by atoms with Crippen molar-refractivity contribution in [3.63, 3.8) is 0 Å². The van der Waals surface area contributed by atoms with Crippen LogP contribution in [0.4, 0.5) is 24.5 Å². The summed E-state index contributed by atoms with van der Waals surface area (Å²) >= 11 is 1.72. The lowest BCUT2D eigenvalue weighted by Gasteiger charge is -2.23. The van der Waals surface area contributed by atoms with E-state index in [2.05, 4.69) is 12.2 Å². The van der Waals surface area contributed by atoms with E-state index in [1.165, 1.54) is 6.07 Å². The lowest BCUT2D eigenvalue weighted by molar-refractivity contribution is -0.123. The van der Waals surface area contributed by atoms with E-state index in [1.807, 2.05) is 29.6 Å². The SMILES string of the molecule is CC1CCN(C(=O)CNc2ccccc2C(=O)NCC(F)(F)F)c2ccccc2S1. The number of para-hydroxylation sites is 2. The molecule has 0 saturated carbocycles. The summed E-state index contributed by atoms with van der Waals surface area (Å²) in [5.74, 6) is -1.03. The van der Waals surface area contributed by atoms with Crippen LogP contribution in [-0.4, -0.2) is 42.9 Å². The molecule has 1 aliphatic heterocycles. The second kappa shape index (κ2) is 9.42. The largest absolute Gasteiger partial charge is 0.405 e. The van der Waals surface area contributed by atoms with E-state index in [-0.39, 0.29) is 18.0 Å². The van der Waals surface area contributed by atoms with E-state index in [4.69, 9.17) is 0 Å². The smallest absolute Gasteiger partial charge is 0.375 e. The van der Waals surface area contributed by atoms with Crippen molar-refractivity contribution in [3.8, 4) is 0 Å². The highest BCUT2D eigenvalue weighted by molar-refractivity contribution is 8.00. The average Bonchev–Trinajstić information content (AvgIpc) is 2.88. The topological polar surface area (TPSA) is 61.4 Å². The molecule has 0 aliphatic carbocycles. The van der Waals surface area contributed by atoms with Crippen molar-refractivity contribution < 1.29 is 22.8 Å². The van der Waals surface area contributed by atoms with Crippen LogP contribution in [0.2, 0.25) is 0 Å². The second-order valence-corrected chi connectivity index (χ2v) is 8.41. The number of nitrogens with zero attached hydrogens (tertiary/aromatic N) is 1. The number of anilines is 2. The van der Waals surface area contributed by atoms with Crippen LogP contribution in [0.1, 0.15) is 23.7 Å². The molecule has 0 saturated heterocycles. The Morgan fingerprint density at radius 3 is 2.60 bits per heavy atom. The molecule has 0 aromatic heterocycles. The number of carbonyl (C=O) groups excluding carboxylic acids is 2. The third-order valence-corrected chi connectivity index (χ3v) is 5.83. The van der Waals surface area contributed by atoms with Crippen molar-refractivity contribution in [2.24, 2.45) is 0 Å². The van der Waals surface area contributed by atoms with Crippen LogP contribution in [0.25, 0.3) is 0 Å². The van der Waals surface area contributed by atoms with Gasteiger partial charge in [-0.3, -0.25) is 9.59 Å². The monoisotopic (exact) mass is 437 g/mol. The molecule has 5 nitrogen and oxygen atoms in total. The molecule has 0 radical (unpaired) electrons. The number of halogens is 3. The zero-order valence-corrected chi connectivity index (χ0v) is 17.1. The maximum atomic E-state index is 12.9. The zero-order valence-electron chi connectivity index (χ0n) is 16.3. The first-order valence-corrected chi connectivity index (χ1v) is 10.4. The molecule has 2 aromatic carbocycles. The molecule has 30 heavy (non-hydrogen) atoms. The number of nitrogens with one attached hydrogen (secondary N) is 2. The van der Waals surface area contributed by atoms with Crippen LogP contribution >= 0.6 is 11.8 Å². The Kier molecular flexibility index (Phi) is 6.91. The van der Waals surface area contributed by atoms with Crippen LogP contribution in [0.15, 0.2) is 53.4 Å². The molecular formula is C21H22F3N3O2S. The summed E-state index contributed by atoms with van der Waals surface area (Å²) in [7, 11) is 0. The number of alkyl halides is 3. The standard InChI is InChI=1S/C21H22F3N3O2S/c1-14-10-11-27(17-8-4-5-9-18(17)30-14)19(28)12-25-16-7-3-2-6-15(16)20(29)26-13-21(22,23)24/h2-9,14,25H,10-13H2,1H3,(H,26,29). The van der Waals surface area contributed by atoms with E-state index in [1.54, 1.807) is 34.9 Å². The van der Waals surface area contributed by atoms with Gasteiger partial charge in [-0.2, -0.15) is 13.2 Å². The van der Waals surface area contributed by atoms with E-state index >= 15 is 0 Å². The van der Waals surface area contributed by atoms with Gasteiger partial charge in [0.15, 0.2) is 0 Å². The molecule has 1 atom stereocenters. The van der Waals surface area contributed by atoms with E-state index in [0.717, 1.165) is 17.0 Å². The number of carbonyl (C=O) groups is 2. The minimum absolute atomic E-state index is 0.0509. The number of thioether (sulfide) groups is 1. The predicted octanol–water partition coefficient (Wildman–Crippen LogP) is 4.31. The van der Waals surface area contributed by atoms with Crippen molar-refractivity contribution in [2.45, 2.75) is 29.7 Å². The fourth-order valence-electron chi connectivity index (χ4n) is 3.12. The quantitative estimate of drug-likeness (QED) is 0.732. The number of hydrogen-bond acceptors (Lipinski definition) is 4. The first kappa shape index (κ1) is 22.0. The molecule has 0 spiro atoms. The summed E-state index contributed by atoms with van der Waals surface area (Å²) < 4.78 is 37.2. The van der Waals surface area contributed by atoms with Crippen molar-refractivity contribution in [1.82, 2.24) is 5.32 Å². The number of amides is 2. The maximum absolute atomic E-state index is 12.9. The summed E-state index contributed by atoms with van der Waals surface area (Å²) in [5, 5.41) is 5.14. The summed E-state index contributed by atoms with van der Waals surface area (Å²) in [6.45, 7) is 1.18. The Balaban J connectivity index is 1.70. The normalized spacial score (nSPS) is 16.4. The Hall–Kier alpha value is -2.68. The van der Waals surface area contributed by atoms with E-state index < -0.39 is 18.6 Å². The van der Waals surface area contributed by atoms with Gasteiger partial charge < -0.3 is 15.5 Å². The number of benzene rings is 2. The number of fused-ring (bicyclic) bond motifs is 1. The first-order valence-electron chi connectivity index (χ1n) is 9.48. The highest BCUT2D eigenvalue weighted by atomic mass is 32.2. The third-order valence-electron chi connectivity index (χ3n) is 4.60. The van der Waals surface area contributed by atoms with Gasteiger partial charge in [0.05, 0.1) is 17.8 Å². The van der Waals surface area contributed by atoms with Crippen LogP contribution in [0, 0.1) is 0 Å². The number of hydrogen-bond donors (Lipinski definition) is 2. The van der Waals surface area contributed by atoms with Gasteiger partial charge in [-0.15, -0.1) is 11.8 Å². The molecule has 160 valence electrons. The van der Waals surface area contributed by atoms with Crippen molar-refractivity contribution in [2.75, 3.05) is 29.9 Å². The van der Waals surface area contributed by atoms with Crippen LogP contribution in [-0.2, 0) is 4.79 Å². The van der Waals surface area contributed by atoms with Gasteiger partial charge in [-0.1, -0.05) is 31.2 Å². The van der Waals surface area contributed by atoms with Crippen LogP contribution < -0.4 is 15.5 Å². The molecule has 9 heteroatoms. The fourth-order valence-corrected chi connectivity index (χ4v) is 4.24. The molecule has 2 N–H and O–H groups in total. The summed E-state index contributed by atoms with van der Waals surface area (Å²) in [6, 6.07) is 13.9. The Labute approximate surface area is 177 Å². The molecule has 3 rings (SSSR count). The Morgan fingerprint density at radius 2 is 1.83 bits per heavy atom. The van der Waals surface area contributed by atoms with Gasteiger partial charge in [-0.25, -0.2) is 0 Å². The number of rotatable bonds is 5. The second-order valence-electron chi connectivity index (χ2n) is 6.93. The summed E-state index contributed by atoms with van der Waals surface area (Å²) in [4.78, 5) is 27.8. The Morgan fingerprint density at radius 1 is 1.13 bits per heavy atom. The van der Waals surface area contributed by atoms with E-state index in [9.17, 15) is 22.8 Å². The maximum Gasteiger partial charge on any atom is 0.405 e. The third kappa shape index (κ3) is 5.69. The molecule has 0 bridgehead atoms. The zero-order chi connectivity index (χ0) is 21.7. The van der Waals surface area contributed by atoms with Gasteiger partial charge in [0, 0.05) is 22.4 Å². The van der Waals surface area contributed by atoms with Gasteiger partial charge in [-0.05, 0) is 30.7 Å². The Bertz CT molecular complexity index is 920. The molecule has 1 heterocycles. The predicted molar refractivity (Wildman–Crippen MR) is 112 cm³/mol. The van der Waals surface area contributed by atoms with Crippen LogP contribution in [0.5, 0.6) is 0 Å². The molecule has 2 aromatic rings. The molecule has 1 unspecified atom stereocenters. The van der Waals surface area contributed by atoms with Crippen molar-refractivity contribution >= 4 is 35.0 Å². The summed E-state index contributed by atoms with van der Waals surface area (Å²) in [5.41, 5.74) is 1.20. The fraction of sp³-hybridized carbons (Fsp3) is 0.333. The first-order chi connectivity index (χ1) is 14.2. The lowest BCUT2D eigenvalue weighted by atomic mass is 10.1. The highest BCUT2D eigenvalue weighted by Crippen LogP contribution is 2.37. The van der Waals surface area contributed by atoms with Crippen LogP contribution in [0.3, 0.4) is 0 Å². The minimum atomic E-state index is -4.50. The van der Waals surface area contributed by atoms with E-state index in [0.29, 0.717) is 17.5 Å². The molecular weight excluding hydrogens is 415 g/mol. The molecule has 2 amide bonds. The minimum Gasteiger partial charge on any atom is -0.375 e. The van der Waals surface area contributed by atoms with Gasteiger partial charge in [0.25, 0.3) is 5.91 Å². The lowest BCUT2D eigenvalue weighted by Crippen LogP contribution is -2.37. The summed E-state index contributed by atoms with van der Waals surface area (Å²) in [6.07, 6.45) is -3.66.